The molecular weight excluding hydrogens is 241 g/mol. The van der Waals surface area contributed by atoms with Gasteiger partial charge in [0.2, 0.25) is 0 Å². The molecule has 0 N–H and O–H groups in total. The lowest BCUT2D eigenvalue weighted by Gasteiger charge is -2.03. The first-order valence-electron chi connectivity index (χ1n) is 6.42. The Balaban J connectivity index is 2.11. The third-order valence-corrected chi connectivity index (χ3v) is 2.88. The molecule has 1 heterocycles. The zero-order valence-electron chi connectivity index (χ0n) is 10.9. The number of Topliss-reactive ketones (excluding diaryl/α,β-unsaturated/α-hetero) is 1. The largest absolute Gasteiger partial charge is 0.292 e. The lowest BCUT2D eigenvalue weighted by molar-refractivity contribution is 0.0988. The molecule has 0 spiro atoms. The molecule has 0 saturated heterocycles. The number of carbonyl (C=O) groups excluding carboxylic acids is 1. The second-order valence-electron chi connectivity index (χ2n) is 4.49. The molecule has 0 aliphatic carbocycles. The molecule has 0 saturated carbocycles. The third-order valence-electron chi connectivity index (χ3n) is 2.88. The number of pyridine rings is 1. The summed E-state index contributed by atoms with van der Waals surface area (Å²) >= 11 is 0. The second-order valence-corrected chi connectivity index (χ2v) is 4.49. The van der Waals surface area contributed by atoms with Crippen LogP contribution in [0.15, 0.2) is 42.5 Å². The van der Waals surface area contributed by atoms with Crippen molar-refractivity contribution in [1.29, 1.82) is 0 Å². The molecule has 2 rings (SSSR count). The molecule has 2 nitrogen and oxygen atoms in total. The van der Waals surface area contributed by atoms with Crippen molar-refractivity contribution >= 4 is 5.78 Å². The average molecular weight is 257 g/mol. The van der Waals surface area contributed by atoms with Gasteiger partial charge in [-0.2, -0.15) is 0 Å². The number of ketones is 1. The van der Waals surface area contributed by atoms with Gasteiger partial charge in [0.1, 0.15) is 11.5 Å². The number of rotatable bonds is 5. The number of nitrogens with zero attached hydrogens (tertiary/aromatic N) is 1. The van der Waals surface area contributed by atoms with E-state index in [1.54, 1.807) is 18.2 Å². The molecule has 2 aromatic rings. The normalized spacial score (nSPS) is 10.4. The second kappa shape index (κ2) is 6.23. The topological polar surface area (TPSA) is 30.0 Å². The van der Waals surface area contributed by atoms with Gasteiger partial charge in [0.25, 0.3) is 0 Å². The van der Waals surface area contributed by atoms with E-state index in [0.717, 1.165) is 24.1 Å². The summed E-state index contributed by atoms with van der Waals surface area (Å²) < 4.78 is 12.8. The molecule has 0 fully saturated rings. The lowest BCUT2D eigenvalue weighted by atomic mass is 10.1. The van der Waals surface area contributed by atoms with Gasteiger partial charge >= 0.3 is 0 Å². The van der Waals surface area contributed by atoms with Gasteiger partial charge in [0.15, 0.2) is 5.78 Å². The smallest absolute Gasteiger partial charge is 0.185 e. The summed E-state index contributed by atoms with van der Waals surface area (Å²) in [6.45, 7) is 2.08. The Labute approximate surface area is 112 Å². The quantitative estimate of drug-likeness (QED) is 0.766. The summed E-state index contributed by atoms with van der Waals surface area (Å²) in [6, 6.07) is 11.5. The van der Waals surface area contributed by atoms with Crippen LogP contribution in [0.4, 0.5) is 4.39 Å². The number of hydrogen-bond acceptors (Lipinski definition) is 2. The van der Waals surface area contributed by atoms with Crippen molar-refractivity contribution in [2.45, 2.75) is 26.2 Å². The highest BCUT2D eigenvalue weighted by Gasteiger charge is 2.09. The van der Waals surface area contributed by atoms with Gasteiger partial charge in [-0.3, -0.25) is 4.79 Å². The molecule has 3 heteroatoms. The minimum absolute atomic E-state index is 0.0374. The summed E-state index contributed by atoms with van der Waals surface area (Å²) in [6.07, 6.45) is 2.13. The average Bonchev–Trinajstić information content (AvgIpc) is 2.42. The van der Waals surface area contributed by atoms with Gasteiger partial charge in [-0.25, -0.2) is 9.37 Å². The van der Waals surface area contributed by atoms with E-state index in [-0.39, 0.29) is 18.0 Å². The Morgan fingerprint density at radius 2 is 1.89 bits per heavy atom. The molecule has 0 aliphatic heterocycles. The predicted molar refractivity (Wildman–Crippen MR) is 72.7 cm³/mol. The maximum Gasteiger partial charge on any atom is 0.185 e. The predicted octanol–water partition coefficient (Wildman–Crippen LogP) is 3.60. The Kier molecular flexibility index (Phi) is 4.39. The van der Waals surface area contributed by atoms with Crippen molar-refractivity contribution in [3.8, 4) is 0 Å². The van der Waals surface area contributed by atoms with Crippen LogP contribution in [0.25, 0.3) is 0 Å². The van der Waals surface area contributed by atoms with Gasteiger partial charge in [-0.15, -0.1) is 0 Å². The van der Waals surface area contributed by atoms with Gasteiger partial charge in [-0.1, -0.05) is 31.5 Å². The van der Waals surface area contributed by atoms with Crippen LogP contribution in [-0.4, -0.2) is 10.8 Å². The van der Waals surface area contributed by atoms with Crippen LogP contribution in [0.3, 0.4) is 0 Å². The van der Waals surface area contributed by atoms with Crippen molar-refractivity contribution in [2.75, 3.05) is 0 Å². The molecule has 19 heavy (non-hydrogen) atoms. The van der Waals surface area contributed by atoms with Crippen molar-refractivity contribution in [2.24, 2.45) is 0 Å². The highest BCUT2D eigenvalue weighted by Crippen LogP contribution is 2.09. The molecule has 0 unspecified atom stereocenters. The zero-order valence-corrected chi connectivity index (χ0v) is 10.9. The van der Waals surface area contributed by atoms with Gasteiger partial charge in [-0.05, 0) is 36.2 Å². The summed E-state index contributed by atoms with van der Waals surface area (Å²) in [5.74, 6) is -0.330. The fourth-order valence-corrected chi connectivity index (χ4v) is 1.91. The van der Waals surface area contributed by atoms with Crippen LogP contribution in [-0.2, 0) is 12.8 Å². The van der Waals surface area contributed by atoms with Crippen LogP contribution >= 0.6 is 0 Å². The van der Waals surface area contributed by atoms with Crippen molar-refractivity contribution in [3.05, 3.63) is 65.2 Å². The number of aryl methyl sites for hydroxylation is 1. The molecule has 0 atom stereocenters. The van der Waals surface area contributed by atoms with Crippen molar-refractivity contribution in [3.63, 3.8) is 0 Å². The summed E-state index contributed by atoms with van der Waals surface area (Å²) in [7, 11) is 0. The van der Waals surface area contributed by atoms with Crippen LogP contribution < -0.4 is 0 Å². The minimum atomic E-state index is -0.292. The highest BCUT2D eigenvalue weighted by atomic mass is 19.1. The molecule has 98 valence electrons. The fourth-order valence-electron chi connectivity index (χ4n) is 1.91. The van der Waals surface area contributed by atoms with E-state index >= 15 is 0 Å². The first-order chi connectivity index (χ1) is 9.19. The van der Waals surface area contributed by atoms with Gasteiger partial charge in [0.05, 0.1) is 0 Å². The maximum absolute atomic E-state index is 12.8. The maximum atomic E-state index is 12.8. The number of benzene rings is 1. The van der Waals surface area contributed by atoms with Crippen LogP contribution in [0.2, 0.25) is 0 Å². The lowest BCUT2D eigenvalue weighted by Crippen LogP contribution is -2.07. The molecule has 0 amide bonds. The van der Waals surface area contributed by atoms with E-state index in [4.69, 9.17) is 0 Å². The molecule has 0 aliphatic rings. The number of aromatic nitrogens is 1. The molecular formula is C16H16FNO. The number of carbonyl (C=O) groups is 1. The Morgan fingerprint density at radius 3 is 2.58 bits per heavy atom. The highest BCUT2D eigenvalue weighted by molar-refractivity contribution is 5.95. The first kappa shape index (κ1) is 13.4. The molecule has 1 aromatic carbocycles. The van der Waals surface area contributed by atoms with Crippen molar-refractivity contribution < 1.29 is 9.18 Å². The summed E-state index contributed by atoms with van der Waals surface area (Å²) in [5.41, 5.74) is 2.22. The van der Waals surface area contributed by atoms with Crippen LogP contribution in [0, 0.1) is 5.82 Å². The number of halogens is 1. The van der Waals surface area contributed by atoms with Gasteiger partial charge in [0, 0.05) is 12.1 Å². The van der Waals surface area contributed by atoms with E-state index in [0.29, 0.717) is 5.69 Å². The van der Waals surface area contributed by atoms with Crippen molar-refractivity contribution in [1.82, 2.24) is 4.98 Å². The molecule has 0 bridgehead atoms. The first-order valence-corrected chi connectivity index (χ1v) is 6.42. The van der Waals surface area contributed by atoms with E-state index in [1.165, 1.54) is 12.1 Å². The third kappa shape index (κ3) is 3.71. The van der Waals surface area contributed by atoms with Gasteiger partial charge < -0.3 is 0 Å². The van der Waals surface area contributed by atoms with E-state index in [9.17, 15) is 9.18 Å². The Morgan fingerprint density at radius 1 is 1.16 bits per heavy atom. The van der Waals surface area contributed by atoms with Crippen LogP contribution in [0.5, 0.6) is 0 Å². The Bertz CT molecular complexity index is 563. The summed E-state index contributed by atoms with van der Waals surface area (Å²) in [4.78, 5) is 16.5. The monoisotopic (exact) mass is 257 g/mol. The van der Waals surface area contributed by atoms with E-state index < -0.39 is 0 Å². The SMILES string of the molecule is CCCc1cccc(C(=O)Cc2ccc(F)cc2)n1. The fraction of sp³-hybridized carbons (Fsp3) is 0.250. The van der Waals surface area contributed by atoms with E-state index in [1.807, 2.05) is 12.1 Å². The van der Waals surface area contributed by atoms with E-state index in [2.05, 4.69) is 11.9 Å². The summed E-state index contributed by atoms with van der Waals surface area (Å²) in [5, 5.41) is 0. The minimum Gasteiger partial charge on any atom is -0.292 e. The zero-order chi connectivity index (χ0) is 13.7. The molecule has 1 aromatic heterocycles. The Hall–Kier alpha value is -2.03. The van der Waals surface area contributed by atoms with Crippen LogP contribution in [0.1, 0.15) is 35.1 Å². The molecule has 0 radical (unpaired) electrons. The standard InChI is InChI=1S/C16H16FNO/c1-2-4-14-5-3-6-15(18-14)16(19)11-12-7-9-13(17)10-8-12/h3,5-10H,2,4,11H2,1H3. The number of hydrogen-bond donors (Lipinski definition) is 0.